The van der Waals surface area contributed by atoms with Gasteiger partial charge in [-0.1, -0.05) is 6.07 Å². The Morgan fingerprint density at radius 2 is 2.12 bits per heavy atom. The second-order valence-electron chi connectivity index (χ2n) is 8.25. The molecule has 4 heterocycles. The van der Waals surface area contributed by atoms with Gasteiger partial charge in [-0.25, -0.2) is 14.2 Å². The molecule has 6 rings (SSSR count). The van der Waals surface area contributed by atoms with Crippen molar-refractivity contribution in [3.05, 3.63) is 83.1 Å². The van der Waals surface area contributed by atoms with Crippen LogP contribution in [0.5, 0.6) is 5.75 Å². The highest BCUT2D eigenvalue weighted by Gasteiger charge is 2.25. The van der Waals surface area contributed by atoms with Crippen molar-refractivity contribution in [2.24, 2.45) is 0 Å². The van der Waals surface area contributed by atoms with Crippen LogP contribution >= 0.6 is 0 Å². The predicted molar refractivity (Wildman–Crippen MR) is 120 cm³/mol. The third kappa shape index (κ3) is 3.07. The van der Waals surface area contributed by atoms with Crippen LogP contribution in [0.4, 0.5) is 15.9 Å². The molecule has 32 heavy (non-hydrogen) atoms. The van der Waals surface area contributed by atoms with Gasteiger partial charge in [-0.3, -0.25) is 9.38 Å². The zero-order valence-corrected chi connectivity index (χ0v) is 17.3. The standard InChI is InChI=1S/C25H20FN5O/c1-27-22-10-18(16-4-6-21(29-11-16)15-2-3-15)23-13-28-14-31(23)25(22)30-12-19-17-8-9-32-24(17)7-5-20(19)26/h4-7,10-11,13-15,30H,2-3,8-9,12H2. The lowest BCUT2D eigenvalue weighted by Gasteiger charge is -2.16. The monoisotopic (exact) mass is 425 g/mol. The average molecular weight is 425 g/mol. The number of benzene rings is 1. The normalized spacial score (nSPS) is 14.8. The summed E-state index contributed by atoms with van der Waals surface area (Å²) in [4.78, 5) is 12.7. The van der Waals surface area contributed by atoms with Gasteiger partial charge in [0.05, 0.1) is 31.2 Å². The molecule has 2 aliphatic rings. The average Bonchev–Trinajstić information content (AvgIpc) is 3.35. The predicted octanol–water partition coefficient (Wildman–Crippen LogP) is 5.51. The minimum absolute atomic E-state index is 0.255. The Kier molecular flexibility index (Phi) is 4.32. The van der Waals surface area contributed by atoms with E-state index in [-0.39, 0.29) is 12.4 Å². The highest BCUT2D eigenvalue weighted by Crippen LogP contribution is 2.40. The van der Waals surface area contributed by atoms with Gasteiger partial charge in [0.1, 0.15) is 17.4 Å². The van der Waals surface area contributed by atoms with E-state index in [0.717, 1.165) is 33.7 Å². The number of nitrogens with one attached hydrogen (secondary N) is 1. The van der Waals surface area contributed by atoms with E-state index in [1.54, 1.807) is 18.6 Å². The first-order valence-electron chi connectivity index (χ1n) is 10.7. The largest absolute Gasteiger partial charge is 0.493 e. The van der Waals surface area contributed by atoms with Gasteiger partial charge in [-0.2, -0.15) is 0 Å². The van der Waals surface area contributed by atoms with Crippen LogP contribution in [0.3, 0.4) is 0 Å². The van der Waals surface area contributed by atoms with E-state index in [2.05, 4.69) is 32.3 Å². The molecule has 0 unspecified atom stereocenters. The number of ether oxygens (including phenoxy) is 1. The summed E-state index contributed by atoms with van der Waals surface area (Å²) in [5.41, 5.74) is 5.75. The van der Waals surface area contributed by atoms with Crippen molar-refractivity contribution in [1.29, 1.82) is 0 Å². The van der Waals surface area contributed by atoms with Crippen molar-refractivity contribution in [2.75, 3.05) is 11.9 Å². The quantitative estimate of drug-likeness (QED) is 0.429. The van der Waals surface area contributed by atoms with Crippen molar-refractivity contribution < 1.29 is 9.13 Å². The molecule has 1 aliphatic heterocycles. The van der Waals surface area contributed by atoms with Crippen molar-refractivity contribution >= 4 is 17.0 Å². The van der Waals surface area contributed by atoms with Crippen molar-refractivity contribution in [1.82, 2.24) is 14.4 Å². The molecule has 1 aliphatic carbocycles. The van der Waals surface area contributed by atoms with Crippen LogP contribution in [0.25, 0.3) is 21.5 Å². The van der Waals surface area contributed by atoms with Gasteiger partial charge in [-0.05, 0) is 42.7 Å². The highest BCUT2D eigenvalue weighted by molar-refractivity contribution is 5.87. The maximum atomic E-state index is 14.6. The van der Waals surface area contributed by atoms with E-state index in [1.807, 2.05) is 16.7 Å². The van der Waals surface area contributed by atoms with Crippen molar-refractivity contribution in [3.8, 4) is 16.9 Å². The van der Waals surface area contributed by atoms with Gasteiger partial charge in [0.15, 0.2) is 0 Å². The molecule has 6 nitrogen and oxygen atoms in total. The summed E-state index contributed by atoms with van der Waals surface area (Å²) >= 11 is 0. The summed E-state index contributed by atoms with van der Waals surface area (Å²) in [6, 6.07) is 9.11. The molecular formula is C25H20FN5O. The van der Waals surface area contributed by atoms with Crippen LogP contribution in [-0.2, 0) is 13.0 Å². The second-order valence-corrected chi connectivity index (χ2v) is 8.25. The summed E-state index contributed by atoms with van der Waals surface area (Å²) < 4.78 is 22.0. The molecule has 0 saturated heterocycles. The molecule has 1 N–H and O–H groups in total. The van der Waals surface area contributed by atoms with Gasteiger partial charge in [0.2, 0.25) is 5.69 Å². The first-order chi connectivity index (χ1) is 15.7. The Labute approximate surface area is 184 Å². The van der Waals surface area contributed by atoms with Gasteiger partial charge < -0.3 is 10.1 Å². The number of pyridine rings is 2. The molecule has 0 bridgehead atoms. The molecule has 158 valence electrons. The van der Waals surface area contributed by atoms with E-state index < -0.39 is 0 Å². The van der Waals surface area contributed by atoms with Crippen molar-refractivity contribution in [3.63, 3.8) is 0 Å². The van der Waals surface area contributed by atoms with E-state index >= 15 is 0 Å². The SMILES string of the molecule is [C-]#[N+]c1cc(-c2ccc(C3CC3)nc2)c2cncn2c1NCc1c(F)ccc2c1CCO2. The van der Waals surface area contributed by atoms with E-state index in [1.165, 1.54) is 18.9 Å². The Morgan fingerprint density at radius 1 is 1.22 bits per heavy atom. The summed E-state index contributed by atoms with van der Waals surface area (Å²) in [7, 11) is 0. The van der Waals surface area contributed by atoms with Crippen molar-refractivity contribution in [2.45, 2.75) is 31.7 Å². The molecule has 0 amide bonds. The molecule has 7 heteroatoms. The maximum absolute atomic E-state index is 14.6. The van der Waals surface area contributed by atoms with Crippen LogP contribution < -0.4 is 10.1 Å². The summed E-state index contributed by atoms with van der Waals surface area (Å²) in [5.74, 6) is 1.65. The topological polar surface area (TPSA) is 55.8 Å². The fourth-order valence-corrected chi connectivity index (χ4v) is 4.43. The molecule has 3 aromatic heterocycles. The van der Waals surface area contributed by atoms with Crippen LogP contribution in [0.15, 0.2) is 49.1 Å². The van der Waals surface area contributed by atoms with E-state index in [0.29, 0.717) is 36.0 Å². The summed E-state index contributed by atoms with van der Waals surface area (Å²) in [6.45, 7) is 8.58. The number of aromatic nitrogens is 3. The van der Waals surface area contributed by atoms with Gasteiger partial charge >= 0.3 is 0 Å². The second kappa shape index (κ2) is 7.34. The minimum atomic E-state index is -0.272. The lowest BCUT2D eigenvalue weighted by molar-refractivity contribution is 0.356. The molecule has 1 saturated carbocycles. The fourth-order valence-electron chi connectivity index (χ4n) is 4.43. The highest BCUT2D eigenvalue weighted by atomic mass is 19.1. The zero-order chi connectivity index (χ0) is 21.7. The van der Waals surface area contributed by atoms with Crippen LogP contribution in [0.1, 0.15) is 35.6 Å². The first kappa shape index (κ1) is 18.8. The van der Waals surface area contributed by atoms with Gasteiger partial charge in [-0.15, -0.1) is 0 Å². The fraction of sp³-hybridized carbons (Fsp3) is 0.240. The third-order valence-corrected chi connectivity index (χ3v) is 6.27. The Balaban J connectivity index is 1.39. The number of hydrogen-bond acceptors (Lipinski definition) is 4. The lowest BCUT2D eigenvalue weighted by Crippen LogP contribution is -2.08. The number of imidazole rings is 1. The van der Waals surface area contributed by atoms with Gasteiger partial charge in [0, 0.05) is 47.5 Å². The Morgan fingerprint density at radius 3 is 2.91 bits per heavy atom. The molecule has 0 radical (unpaired) electrons. The first-order valence-corrected chi connectivity index (χ1v) is 10.7. The number of hydrogen-bond donors (Lipinski definition) is 1. The van der Waals surface area contributed by atoms with E-state index in [9.17, 15) is 4.39 Å². The van der Waals surface area contributed by atoms with Crippen LogP contribution in [0, 0.1) is 12.4 Å². The molecule has 1 aromatic carbocycles. The zero-order valence-electron chi connectivity index (χ0n) is 17.3. The lowest BCUT2D eigenvalue weighted by atomic mass is 10.0. The molecule has 0 spiro atoms. The number of nitrogens with zero attached hydrogens (tertiary/aromatic N) is 4. The van der Waals surface area contributed by atoms with Crippen LogP contribution in [0.2, 0.25) is 0 Å². The van der Waals surface area contributed by atoms with Crippen LogP contribution in [-0.4, -0.2) is 21.0 Å². The summed E-state index contributed by atoms with van der Waals surface area (Å²) in [5, 5.41) is 3.29. The number of halogens is 1. The third-order valence-electron chi connectivity index (χ3n) is 6.27. The minimum Gasteiger partial charge on any atom is -0.493 e. The summed E-state index contributed by atoms with van der Waals surface area (Å²) in [6.07, 6.45) is 8.43. The van der Waals surface area contributed by atoms with E-state index in [4.69, 9.17) is 11.3 Å². The maximum Gasteiger partial charge on any atom is 0.227 e. The smallest absolute Gasteiger partial charge is 0.227 e. The number of fused-ring (bicyclic) bond motifs is 2. The molecule has 4 aromatic rings. The molecule has 0 atom stereocenters. The molecular weight excluding hydrogens is 405 g/mol. The molecule has 1 fully saturated rings. The Bertz CT molecular complexity index is 1380. The number of rotatable bonds is 5. The van der Waals surface area contributed by atoms with Gasteiger partial charge in [0.25, 0.3) is 0 Å². The Hall–Kier alpha value is -3.92. The number of anilines is 1.